The lowest BCUT2D eigenvalue weighted by molar-refractivity contribution is 0.299. The van der Waals surface area contributed by atoms with Gasteiger partial charge in [0.25, 0.3) is 0 Å². The summed E-state index contributed by atoms with van der Waals surface area (Å²) in [5.41, 5.74) is 3.82. The highest BCUT2D eigenvalue weighted by Crippen LogP contribution is 2.39. The maximum Gasteiger partial charge on any atom is 0.166 e. The molecule has 1 saturated carbocycles. The largest absolute Gasteiger partial charge is 0.207 e. The van der Waals surface area contributed by atoms with Crippen LogP contribution in [0.2, 0.25) is 0 Å². The van der Waals surface area contributed by atoms with Crippen molar-refractivity contribution in [3.63, 3.8) is 0 Å². The second-order valence-corrected chi connectivity index (χ2v) is 10.9. The summed E-state index contributed by atoms with van der Waals surface area (Å²) in [5, 5.41) is 0. The van der Waals surface area contributed by atoms with Crippen LogP contribution in [0.5, 0.6) is 0 Å². The summed E-state index contributed by atoms with van der Waals surface area (Å²) in [6.07, 6.45) is 13.2. The van der Waals surface area contributed by atoms with Crippen LogP contribution in [0.1, 0.15) is 102 Å². The van der Waals surface area contributed by atoms with E-state index in [0.717, 1.165) is 54.7 Å². The van der Waals surface area contributed by atoms with E-state index < -0.39 is 11.6 Å². The number of benzene rings is 3. The number of hydrogen-bond acceptors (Lipinski definition) is 0. The van der Waals surface area contributed by atoms with Crippen LogP contribution in [-0.4, -0.2) is 0 Å². The van der Waals surface area contributed by atoms with Gasteiger partial charge in [-0.3, -0.25) is 0 Å². The van der Waals surface area contributed by atoms with Gasteiger partial charge in [-0.25, -0.2) is 13.2 Å². The highest BCUT2D eigenvalue weighted by molar-refractivity contribution is 5.71. The number of hydrogen-bond donors (Lipinski definition) is 0. The first-order chi connectivity index (χ1) is 18.0. The molecule has 0 saturated heterocycles. The zero-order valence-corrected chi connectivity index (χ0v) is 22.5. The predicted molar refractivity (Wildman–Crippen MR) is 149 cm³/mol. The Labute approximate surface area is 221 Å². The van der Waals surface area contributed by atoms with Crippen LogP contribution >= 0.6 is 0 Å². The van der Waals surface area contributed by atoms with Gasteiger partial charge in [-0.05, 0) is 84.2 Å². The molecule has 0 N–H and O–H groups in total. The van der Waals surface area contributed by atoms with E-state index in [1.54, 1.807) is 30.3 Å². The monoisotopic (exact) mass is 506 g/mol. The minimum Gasteiger partial charge on any atom is -0.207 e. The molecule has 4 rings (SSSR count). The Morgan fingerprint density at radius 1 is 0.649 bits per heavy atom. The van der Waals surface area contributed by atoms with E-state index in [1.807, 2.05) is 24.3 Å². The minimum absolute atomic E-state index is 0.136. The minimum atomic E-state index is -0.794. The number of rotatable bonds is 11. The van der Waals surface area contributed by atoms with Crippen LogP contribution in [0.15, 0.2) is 54.6 Å². The Morgan fingerprint density at radius 3 is 1.97 bits per heavy atom. The Balaban J connectivity index is 1.42. The molecule has 0 amide bonds. The van der Waals surface area contributed by atoms with Gasteiger partial charge in [0.2, 0.25) is 0 Å². The van der Waals surface area contributed by atoms with Crippen LogP contribution in [-0.2, 0) is 6.42 Å². The first kappa shape index (κ1) is 27.5. The van der Waals surface area contributed by atoms with Crippen molar-refractivity contribution in [3.8, 4) is 22.3 Å². The summed E-state index contributed by atoms with van der Waals surface area (Å²) in [6, 6.07) is 16.2. The fourth-order valence-electron chi connectivity index (χ4n) is 5.90. The van der Waals surface area contributed by atoms with Crippen molar-refractivity contribution in [1.82, 2.24) is 0 Å². The lowest BCUT2D eigenvalue weighted by atomic mass is 9.76. The smallest absolute Gasteiger partial charge is 0.166 e. The zero-order chi connectivity index (χ0) is 26.2. The molecule has 0 nitrogen and oxygen atoms in total. The summed E-state index contributed by atoms with van der Waals surface area (Å²) < 4.78 is 44.6. The van der Waals surface area contributed by atoms with Crippen molar-refractivity contribution in [2.75, 3.05) is 0 Å². The molecule has 0 radical (unpaired) electrons. The number of halogens is 3. The van der Waals surface area contributed by atoms with Gasteiger partial charge in [-0.1, -0.05) is 101 Å². The highest BCUT2D eigenvalue weighted by atomic mass is 19.2. The molecule has 1 aliphatic rings. The molecule has 1 fully saturated rings. The molecular weight excluding hydrogens is 465 g/mol. The predicted octanol–water partition coefficient (Wildman–Crippen LogP) is 11.0. The molecular formula is C34H41F3. The Kier molecular flexibility index (Phi) is 9.88. The topological polar surface area (TPSA) is 0 Å². The summed E-state index contributed by atoms with van der Waals surface area (Å²) in [5.74, 6) is -0.564. The molecule has 0 bridgehead atoms. The highest BCUT2D eigenvalue weighted by Gasteiger charge is 2.24. The standard InChI is InChI=1S/C34H41F3/c1-3-5-7-9-24-11-13-26(14-12-24)30-21-20-29(23-32(30)35)25-15-17-27(18-16-25)31-22-19-28(10-8-6-4-2)33(36)34(31)37/h15-24,26H,3-14H2,1-2H3. The van der Waals surface area contributed by atoms with Crippen molar-refractivity contribution < 1.29 is 13.2 Å². The van der Waals surface area contributed by atoms with Crippen molar-refractivity contribution in [2.24, 2.45) is 5.92 Å². The Hall–Kier alpha value is -2.55. The molecule has 0 aliphatic heterocycles. The molecule has 0 spiro atoms. The Bertz CT molecular complexity index is 1140. The summed E-state index contributed by atoms with van der Waals surface area (Å²) in [4.78, 5) is 0. The number of aryl methyl sites for hydroxylation is 1. The lowest BCUT2D eigenvalue weighted by Gasteiger charge is -2.29. The van der Waals surface area contributed by atoms with Gasteiger partial charge >= 0.3 is 0 Å². The molecule has 1 aliphatic carbocycles. The summed E-state index contributed by atoms with van der Waals surface area (Å²) in [7, 11) is 0. The normalized spacial score (nSPS) is 17.8. The first-order valence-electron chi connectivity index (χ1n) is 14.4. The zero-order valence-electron chi connectivity index (χ0n) is 22.5. The van der Waals surface area contributed by atoms with Gasteiger partial charge in [-0.15, -0.1) is 0 Å². The van der Waals surface area contributed by atoms with Crippen LogP contribution in [0.4, 0.5) is 13.2 Å². The Morgan fingerprint density at radius 2 is 1.30 bits per heavy atom. The third kappa shape index (κ3) is 6.86. The van der Waals surface area contributed by atoms with E-state index >= 15 is 4.39 Å². The maximum atomic E-state index is 15.2. The fraction of sp³-hybridized carbons (Fsp3) is 0.471. The quantitative estimate of drug-likeness (QED) is 0.227. The van der Waals surface area contributed by atoms with Crippen LogP contribution in [0, 0.1) is 23.4 Å². The van der Waals surface area contributed by atoms with Crippen LogP contribution in [0.3, 0.4) is 0 Å². The summed E-state index contributed by atoms with van der Waals surface area (Å²) >= 11 is 0. The maximum absolute atomic E-state index is 15.2. The van der Waals surface area contributed by atoms with Crippen molar-refractivity contribution in [2.45, 2.75) is 96.8 Å². The van der Waals surface area contributed by atoms with Gasteiger partial charge in [0.15, 0.2) is 11.6 Å². The van der Waals surface area contributed by atoms with Gasteiger partial charge < -0.3 is 0 Å². The summed E-state index contributed by atoms with van der Waals surface area (Å²) in [6.45, 7) is 4.33. The van der Waals surface area contributed by atoms with Crippen LogP contribution in [0.25, 0.3) is 22.3 Å². The van der Waals surface area contributed by atoms with E-state index in [9.17, 15) is 8.78 Å². The van der Waals surface area contributed by atoms with Crippen molar-refractivity contribution >= 4 is 0 Å². The van der Waals surface area contributed by atoms with E-state index in [-0.39, 0.29) is 11.4 Å². The van der Waals surface area contributed by atoms with Crippen molar-refractivity contribution in [3.05, 3.63) is 83.2 Å². The second-order valence-electron chi connectivity index (χ2n) is 10.9. The molecule has 0 atom stereocenters. The van der Waals surface area contributed by atoms with Gasteiger partial charge in [0.05, 0.1) is 0 Å². The SMILES string of the molecule is CCCCCc1ccc(-c2ccc(-c3ccc(C4CCC(CCCCC)CC4)c(F)c3)cc2)c(F)c1F. The average Bonchev–Trinajstić information content (AvgIpc) is 2.92. The van der Waals surface area contributed by atoms with E-state index in [2.05, 4.69) is 13.8 Å². The van der Waals surface area contributed by atoms with E-state index in [0.29, 0.717) is 23.5 Å². The molecule has 3 aromatic rings. The first-order valence-corrected chi connectivity index (χ1v) is 14.4. The van der Waals surface area contributed by atoms with Crippen molar-refractivity contribution in [1.29, 1.82) is 0 Å². The fourth-order valence-corrected chi connectivity index (χ4v) is 5.90. The molecule has 198 valence electrons. The molecule has 3 aromatic carbocycles. The van der Waals surface area contributed by atoms with Gasteiger partial charge in [0, 0.05) is 5.56 Å². The molecule has 3 heteroatoms. The molecule has 0 aromatic heterocycles. The third-order valence-corrected chi connectivity index (χ3v) is 8.24. The van der Waals surface area contributed by atoms with E-state index in [1.165, 1.54) is 38.5 Å². The molecule has 0 heterocycles. The van der Waals surface area contributed by atoms with E-state index in [4.69, 9.17) is 0 Å². The van der Waals surface area contributed by atoms with Gasteiger partial charge in [-0.2, -0.15) is 0 Å². The van der Waals surface area contributed by atoms with Gasteiger partial charge in [0.1, 0.15) is 5.82 Å². The van der Waals surface area contributed by atoms with Crippen LogP contribution < -0.4 is 0 Å². The second kappa shape index (κ2) is 13.3. The molecule has 37 heavy (non-hydrogen) atoms. The average molecular weight is 507 g/mol. The lowest BCUT2D eigenvalue weighted by Crippen LogP contribution is -2.14. The molecule has 0 unspecified atom stereocenters. The third-order valence-electron chi connectivity index (χ3n) is 8.24. The number of unbranched alkanes of at least 4 members (excludes halogenated alkanes) is 4.